The van der Waals surface area contributed by atoms with Gasteiger partial charge in [0.1, 0.15) is 17.2 Å². The number of hydrogen-bond donors (Lipinski definition) is 0. The van der Waals surface area contributed by atoms with Gasteiger partial charge in [0.05, 0.1) is 27.9 Å². The van der Waals surface area contributed by atoms with E-state index in [2.05, 4.69) is 0 Å². The second-order valence-electron chi connectivity index (χ2n) is 7.67. The predicted octanol–water partition coefficient (Wildman–Crippen LogP) is 6.91. The van der Waals surface area contributed by atoms with E-state index in [4.69, 9.17) is 25.8 Å². The number of ether oxygens (including phenoxy) is 3. The van der Waals surface area contributed by atoms with Gasteiger partial charge < -0.3 is 14.2 Å². The molecule has 31 heavy (non-hydrogen) atoms. The van der Waals surface area contributed by atoms with Crippen LogP contribution in [0.1, 0.15) is 0 Å². The molecule has 3 rings (SSSR count). The predicted molar refractivity (Wildman–Crippen MR) is 132 cm³/mol. The SMILES string of the molecule is ClCC[Si](CCOc1ccccc1)(CCOc1ccccc1)CCOc1ccccc1. The molecule has 0 bridgehead atoms. The lowest BCUT2D eigenvalue weighted by Gasteiger charge is -2.31. The summed E-state index contributed by atoms with van der Waals surface area (Å²) in [4.78, 5) is 0. The summed E-state index contributed by atoms with van der Waals surface area (Å²) in [5.41, 5.74) is 0. The highest BCUT2D eigenvalue weighted by molar-refractivity contribution is 6.80. The zero-order valence-electron chi connectivity index (χ0n) is 17.9. The van der Waals surface area contributed by atoms with Crippen molar-refractivity contribution >= 4 is 19.7 Å². The average molecular weight is 455 g/mol. The molecule has 0 saturated heterocycles. The smallest absolute Gasteiger partial charge is 0.119 e. The Kier molecular flexibility index (Phi) is 9.80. The summed E-state index contributed by atoms with van der Waals surface area (Å²) in [6.45, 7) is 2.09. The Balaban J connectivity index is 1.60. The molecule has 0 heterocycles. The summed E-state index contributed by atoms with van der Waals surface area (Å²) >= 11 is 6.29. The van der Waals surface area contributed by atoms with Gasteiger partial charge in [0.2, 0.25) is 0 Å². The molecule has 0 spiro atoms. The van der Waals surface area contributed by atoms with Gasteiger partial charge in [0.25, 0.3) is 0 Å². The number of rotatable bonds is 14. The van der Waals surface area contributed by atoms with E-state index < -0.39 is 8.07 Å². The van der Waals surface area contributed by atoms with Gasteiger partial charge in [-0.3, -0.25) is 0 Å². The maximum atomic E-state index is 6.29. The van der Waals surface area contributed by atoms with Crippen molar-refractivity contribution in [2.45, 2.75) is 24.2 Å². The van der Waals surface area contributed by atoms with E-state index in [1.54, 1.807) is 0 Å². The van der Waals surface area contributed by atoms with E-state index in [0.717, 1.165) is 41.4 Å². The molecule has 0 aliphatic carbocycles. The summed E-state index contributed by atoms with van der Waals surface area (Å²) in [6, 6.07) is 34.1. The molecule has 0 aliphatic heterocycles. The van der Waals surface area contributed by atoms with Crippen LogP contribution in [0.3, 0.4) is 0 Å². The van der Waals surface area contributed by atoms with Crippen molar-refractivity contribution in [2.75, 3.05) is 25.7 Å². The number of alkyl halides is 1. The molecule has 3 aromatic carbocycles. The minimum absolute atomic E-state index is 0.661. The highest BCUT2D eigenvalue weighted by Crippen LogP contribution is 2.28. The average Bonchev–Trinajstić information content (AvgIpc) is 2.81. The monoisotopic (exact) mass is 454 g/mol. The Bertz CT molecular complexity index is 735. The molecule has 3 aromatic rings. The summed E-state index contributed by atoms with van der Waals surface area (Å²) in [6.07, 6.45) is 0. The molecule has 0 aromatic heterocycles. The molecule has 164 valence electrons. The normalized spacial score (nSPS) is 11.1. The third-order valence-corrected chi connectivity index (χ3v) is 11.2. The molecular weight excluding hydrogens is 424 g/mol. The second kappa shape index (κ2) is 13.1. The lowest BCUT2D eigenvalue weighted by molar-refractivity contribution is 0.320. The highest BCUT2D eigenvalue weighted by atomic mass is 35.5. The van der Waals surface area contributed by atoms with Crippen molar-refractivity contribution in [3.63, 3.8) is 0 Å². The molecule has 0 radical (unpaired) electrons. The number of benzene rings is 3. The van der Waals surface area contributed by atoms with Gasteiger partial charge in [0, 0.05) is 5.88 Å². The van der Waals surface area contributed by atoms with Crippen LogP contribution in [0, 0.1) is 0 Å². The minimum atomic E-state index is -1.76. The van der Waals surface area contributed by atoms with E-state index in [1.807, 2.05) is 91.0 Å². The lowest BCUT2D eigenvalue weighted by atomic mass is 10.3. The summed E-state index contributed by atoms with van der Waals surface area (Å²) in [5, 5.41) is 0. The number of para-hydroxylation sites is 3. The van der Waals surface area contributed by atoms with Crippen molar-refractivity contribution in [3.05, 3.63) is 91.0 Å². The number of hydrogen-bond acceptors (Lipinski definition) is 3. The molecule has 0 atom stereocenters. The van der Waals surface area contributed by atoms with E-state index in [9.17, 15) is 0 Å². The Morgan fingerprint density at radius 3 is 1.10 bits per heavy atom. The van der Waals surface area contributed by atoms with Crippen molar-refractivity contribution in [2.24, 2.45) is 0 Å². The Labute approximate surface area is 191 Å². The molecule has 0 unspecified atom stereocenters. The van der Waals surface area contributed by atoms with Gasteiger partial charge in [-0.2, -0.15) is 0 Å². The maximum Gasteiger partial charge on any atom is 0.119 e. The largest absolute Gasteiger partial charge is 0.494 e. The van der Waals surface area contributed by atoms with Crippen LogP contribution in [-0.4, -0.2) is 33.8 Å². The summed E-state index contributed by atoms with van der Waals surface area (Å²) in [7, 11) is -1.76. The fourth-order valence-electron chi connectivity index (χ4n) is 3.66. The van der Waals surface area contributed by atoms with Crippen molar-refractivity contribution in [1.29, 1.82) is 0 Å². The molecule has 0 fully saturated rings. The highest BCUT2D eigenvalue weighted by Gasteiger charge is 2.32. The van der Waals surface area contributed by atoms with E-state index in [-0.39, 0.29) is 0 Å². The summed E-state index contributed by atoms with van der Waals surface area (Å²) in [5.74, 6) is 3.40. The Hall–Kier alpha value is -2.43. The van der Waals surface area contributed by atoms with E-state index in [1.165, 1.54) is 0 Å². The van der Waals surface area contributed by atoms with Gasteiger partial charge in [-0.15, -0.1) is 11.6 Å². The Morgan fingerprint density at radius 2 is 0.806 bits per heavy atom. The molecular formula is C26H31ClO3Si. The Morgan fingerprint density at radius 1 is 0.484 bits per heavy atom. The van der Waals surface area contributed by atoms with Crippen LogP contribution in [-0.2, 0) is 0 Å². The van der Waals surface area contributed by atoms with Gasteiger partial charge >= 0.3 is 0 Å². The van der Waals surface area contributed by atoms with Gasteiger partial charge in [0.15, 0.2) is 0 Å². The van der Waals surface area contributed by atoms with Crippen LogP contribution >= 0.6 is 11.6 Å². The van der Waals surface area contributed by atoms with Crippen LogP contribution in [0.2, 0.25) is 24.2 Å². The fraction of sp³-hybridized carbons (Fsp3) is 0.308. The zero-order valence-corrected chi connectivity index (χ0v) is 19.7. The molecule has 0 N–H and O–H groups in total. The first-order valence-electron chi connectivity index (χ1n) is 10.9. The third kappa shape index (κ3) is 8.31. The van der Waals surface area contributed by atoms with Crippen molar-refractivity contribution < 1.29 is 14.2 Å². The minimum Gasteiger partial charge on any atom is -0.494 e. The maximum absolute atomic E-state index is 6.29. The quantitative estimate of drug-likeness (QED) is 0.195. The lowest BCUT2D eigenvalue weighted by Crippen LogP contribution is -2.39. The van der Waals surface area contributed by atoms with Gasteiger partial charge in [-0.05, 0) is 60.6 Å². The summed E-state index contributed by atoms with van der Waals surface area (Å²) < 4.78 is 18.1. The van der Waals surface area contributed by atoms with Gasteiger partial charge in [-0.1, -0.05) is 54.6 Å². The molecule has 0 amide bonds. The van der Waals surface area contributed by atoms with Crippen LogP contribution in [0.4, 0.5) is 0 Å². The molecule has 5 heteroatoms. The van der Waals surface area contributed by atoms with Gasteiger partial charge in [-0.25, -0.2) is 0 Å². The molecule has 0 aliphatic rings. The molecule has 3 nitrogen and oxygen atoms in total. The first kappa shape index (κ1) is 23.2. The van der Waals surface area contributed by atoms with E-state index in [0.29, 0.717) is 25.7 Å². The van der Waals surface area contributed by atoms with Crippen molar-refractivity contribution in [3.8, 4) is 17.2 Å². The second-order valence-corrected chi connectivity index (χ2v) is 13.1. The first-order chi connectivity index (χ1) is 15.3. The first-order valence-corrected chi connectivity index (χ1v) is 14.3. The fourth-order valence-corrected chi connectivity index (χ4v) is 8.37. The zero-order chi connectivity index (χ0) is 21.6. The standard InChI is InChI=1S/C26H31ClO3Si/c27-16-20-31(21-17-28-24-10-4-1-5-11-24,22-18-29-25-12-6-2-7-13-25)23-19-30-26-14-8-3-9-15-26/h1-15H,16-23H2. The van der Waals surface area contributed by atoms with Crippen LogP contribution in [0.5, 0.6) is 17.2 Å². The van der Waals surface area contributed by atoms with Crippen LogP contribution < -0.4 is 14.2 Å². The van der Waals surface area contributed by atoms with Crippen LogP contribution in [0.25, 0.3) is 0 Å². The third-order valence-electron chi connectivity index (χ3n) is 5.56. The number of halogens is 1. The topological polar surface area (TPSA) is 27.7 Å². The van der Waals surface area contributed by atoms with Crippen molar-refractivity contribution in [1.82, 2.24) is 0 Å². The molecule has 0 saturated carbocycles. The van der Waals surface area contributed by atoms with Crippen LogP contribution in [0.15, 0.2) is 91.0 Å². The van der Waals surface area contributed by atoms with E-state index >= 15 is 0 Å².